The van der Waals surface area contributed by atoms with Gasteiger partial charge < -0.3 is 0 Å². The van der Waals surface area contributed by atoms with E-state index in [4.69, 9.17) is 0 Å². The second-order valence-corrected chi connectivity index (χ2v) is 9.31. The summed E-state index contributed by atoms with van der Waals surface area (Å²) in [7, 11) is -4.51. The number of pyridine rings is 1. The van der Waals surface area contributed by atoms with Crippen LogP contribution in [-0.2, 0) is 10.0 Å². The molecule has 3 aromatic carbocycles. The van der Waals surface area contributed by atoms with Gasteiger partial charge in [-0.2, -0.15) is 0 Å². The van der Waals surface area contributed by atoms with E-state index in [-0.39, 0.29) is 12.1 Å². The number of hydrogen-bond donors (Lipinski definition) is 0. The van der Waals surface area contributed by atoms with Crippen molar-refractivity contribution in [3.63, 3.8) is 0 Å². The van der Waals surface area contributed by atoms with Crippen LogP contribution in [0.4, 0.5) is 5.69 Å². The van der Waals surface area contributed by atoms with E-state index in [9.17, 15) is 23.3 Å². The maximum Gasteiger partial charge on any atom is 0.289 e. The van der Waals surface area contributed by atoms with Crippen molar-refractivity contribution >= 4 is 43.4 Å². The second-order valence-electron chi connectivity index (χ2n) is 7.48. The zero-order valence-electron chi connectivity index (χ0n) is 17.8. The molecule has 4 aromatic rings. The summed E-state index contributed by atoms with van der Waals surface area (Å²) in [5.41, 5.74) is 0.738. The molecule has 0 unspecified atom stereocenters. The van der Waals surface area contributed by atoms with E-state index in [2.05, 4.69) is 4.98 Å². The summed E-state index contributed by atoms with van der Waals surface area (Å²) in [5, 5.41) is 12.6. The molecule has 9 heteroatoms. The molecule has 0 spiro atoms. The number of nitro groups is 1. The summed E-state index contributed by atoms with van der Waals surface area (Å²) < 4.78 is 28.0. The lowest BCUT2D eigenvalue weighted by molar-refractivity contribution is -0.387. The number of hydrogen-bond acceptors (Lipinski definition) is 6. The molecule has 4 rings (SSSR count). The van der Waals surface area contributed by atoms with Crippen molar-refractivity contribution in [2.75, 3.05) is 6.54 Å². The lowest BCUT2D eigenvalue weighted by atomic mass is 10.0. The molecule has 0 N–H and O–H groups in total. The molecule has 1 aromatic heterocycles. The molecule has 0 bridgehead atoms. The highest BCUT2D eigenvalue weighted by molar-refractivity contribution is 7.89. The fraction of sp³-hybridized carbons (Fsp3) is 0.167. The predicted molar refractivity (Wildman–Crippen MR) is 125 cm³/mol. The van der Waals surface area contributed by atoms with E-state index >= 15 is 0 Å². The molecule has 1 heterocycles. The van der Waals surface area contributed by atoms with Crippen molar-refractivity contribution in [2.24, 2.45) is 0 Å². The Kier molecular flexibility index (Phi) is 6.06. The van der Waals surface area contributed by atoms with Crippen molar-refractivity contribution < 1.29 is 18.1 Å². The summed E-state index contributed by atoms with van der Waals surface area (Å²) in [6, 6.07) is 19.1. The number of benzene rings is 3. The molecular weight excluding hydrogens is 442 g/mol. The smallest absolute Gasteiger partial charge is 0.268 e. The van der Waals surface area contributed by atoms with Crippen LogP contribution < -0.4 is 0 Å². The number of rotatable bonds is 7. The van der Waals surface area contributed by atoms with Crippen LogP contribution in [0.25, 0.3) is 21.8 Å². The van der Waals surface area contributed by atoms with Crippen molar-refractivity contribution in [3.05, 3.63) is 88.5 Å². The minimum absolute atomic E-state index is 0.102. The maximum absolute atomic E-state index is 13.9. The van der Waals surface area contributed by atoms with Crippen molar-refractivity contribution in [1.82, 2.24) is 9.29 Å². The summed E-state index contributed by atoms with van der Waals surface area (Å²) in [6.45, 7) is 1.77. The number of unbranched alkanes of at least 4 members (excludes halogenated alkanes) is 1. The molecule has 0 saturated heterocycles. The third-order valence-electron chi connectivity index (χ3n) is 5.37. The van der Waals surface area contributed by atoms with Crippen LogP contribution in [0.1, 0.15) is 30.1 Å². The van der Waals surface area contributed by atoms with Crippen LogP contribution in [0.2, 0.25) is 0 Å². The topological polar surface area (TPSA) is 110 Å². The molecule has 0 saturated carbocycles. The van der Waals surface area contributed by atoms with E-state index < -0.39 is 31.4 Å². The first-order valence-corrected chi connectivity index (χ1v) is 11.9. The Morgan fingerprint density at radius 1 is 0.939 bits per heavy atom. The quantitative estimate of drug-likeness (QED) is 0.218. The van der Waals surface area contributed by atoms with E-state index in [1.807, 2.05) is 6.92 Å². The van der Waals surface area contributed by atoms with Gasteiger partial charge in [-0.3, -0.25) is 14.9 Å². The number of para-hydroxylation sites is 3. The van der Waals surface area contributed by atoms with Crippen LogP contribution in [0.5, 0.6) is 0 Å². The third kappa shape index (κ3) is 4.03. The number of nitro benzene ring substituents is 1. The van der Waals surface area contributed by atoms with Gasteiger partial charge >= 0.3 is 0 Å². The third-order valence-corrected chi connectivity index (χ3v) is 7.20. The van der Waals surface area contributed by atoms with Crippen LogP contribution in [0, 0.1) is 10.1 Å². The molecule has 168 valence electrons. The fourth-order valence-corrected chi connectivity index (χ4v) is 5.35. The molecule has 0 radical (unpaired) electrons. The normalized spacial score (nSPS) is 11.5. The average molecular weight is 464 g/mol. The van der Waals surface area contributed by atoms with Crippen molar-refractivity contribution in [1.29, 1.82) is 0 Å². The van der Waals surface area contributed by atoms with E-state index in [0.717, 1.165) is 16.4 Å². The molecular formula is C24H21N3O5S. The standard InChI is InChI=1S/C24H21N3O5S/c1-2-3-16-26(33(31,32)22-15-9-8-14-21(22)27(29)30)24(28)23-17-10-4-6-12-19(17)25-20-13-7-5-11-18(20)23/h4-15H,2-3,16H2,1H3. The average Bonchev–Trinajstić information content (AvgIpc) is 2.82. The molecule has 0 aliphatic heterocycles. The number of nitrogens with zero attached hydrogens (tertiary/aromatic N) is 3. The SMILES string of the molecule is CCCCN(C(=O)c1c2ccccc2nc2ccccc12)S(=O)(=O)c1ccccc1[N+](=O)[O-]. The minimum Gasteiger partial charge on any atom is -0.268 e. The first-order valence-electron chi connectivity index (χ1n) is 10.4. The molecule has 1 amide bonds. The van der Waals surface area contributed by atoms with Gasteiger partial charge in [0.2, 0.25) is 0 Å². The number of carbonyl (C=O) groups is 1. The van der Waals surface area contributed by atoms with Gasteiger partial charge in [0.05, 0.1) is 21.5 Å². The second kappa shape index (κ2) is 8.95. The molecule has 33 heavy (non-hydrogen) atoms. The van der Waals surface area contributed by atoms with E-state index in [0.29, 0.717) is 34.6 Å². The summed E-state index contributed by atoms with van der Waals surface area (Å²) in [4.78, 5) is 28.8. The highest BCUT2D eigenvalue weighted by Gasteiger charge is 2.36. The van der Waals surface area contributed by atoms with Crippen molar-refractivity contribution in [3.8, 4) is 0 Å². The monoisotopic (exact) mass is 463 g/mol. The highest BCUT2D eigenvalue weighted by atomic mass is 32.2. The summed E-state index contributed by atoms with van der Waals surface area (Å²) in [6.07, 6.45) is 1.04. The first-order chi connectivity index (χ1) is 15.9. The van der Waals surface area contributed by atoms with Gasteiger partial charge in [-0.1, -0.05) is 61.9 Å². The van der Waals surface area contributed by atoms with Crippen molar-refractivity contribution in [2.45, 2.75) is 24.7 Å². The summed E-state index contributed by atoms with van der Waals surface area (Å²) >= 11 is 0. The Labute approximate surface area is 190 Å². The molecule has 0 aliphatic rings. The Morgan fingerprint density at radius 3 is 2.06 bits per heavy atom. The Hall–Kier alpha value is -3.85. The molecule has 0 atom stereocenters. The maximum atomic E-state index is 13.9. The highest BCUT2D eigenvalue weighted by Crippen LogP contribution is 2.31. The van der Waals surface area contributed by atoms with Gasteiger partial charge in [0.1, 0.15) is 0 Å². The predicted octanol–water partition coefficient (Wildman–Crippen LogP) is 4.93. The van der Waals surface area contributed by atoms with E-state index in [1.165, 1.54) is 12.1 Å². The van der Waals surface area contributed by atoms with Crippen LogP contribution in [0.3, 0.4) is 0 Å². The van der Waals surface area contributed by atoms with Crippen LogP contribution in [0.15, 0.2) is 77.7 Å². The Balaban J connectivity index is 1.97. The lowest BCUT2D eigenvalue weighted by Crippen LogP contribution is -2.38. The van der Waals surface area contributed by atoms with Gasteiger partial charge in [0, 0.05) is 23.4 Å². The molecule has 8 nitrogen and oxygen atoms in total. The van der Waals surface area contributed by atoms with Gasteiger partial charge in [0.15, 0.2) is 4.90 Å². The summed E-state index contributed by atoms with van der Waals surface area (Å²) in [5.74, 6) is -0.739. The zero-order valence-corrected chi connectivity index (χ0v) is 18.7. The zero-order chi connectivity index (χ0) is 23.6. The molecule has 0 fully saturated rings. The minimum atomic E-state index is -4.51. The number of carbonyl (C=O) groups excluding carboxylic acids is 1. The first kappa shape index (κ1) is 22.3. The number of fused-ring (bicyclic) bond motifs is 2. The van der Waals surface area contributed by atoms with E-state index in [1.54, 1.807) is 48.5 Å². The number of aromatic nitrogens is 1. The van der Waals surface area contributed by atoms with Gasteiger partial charge in [-0.25, -0.2) is 17.7 Å². The van der Waals surface area contributed by atoms with Crippen LogP contribution in [-0.4, -0.2) is 35.1 Å². The number of sulfonamides is 1. The van der Waals surface area contributed by atoms with Crippen LogP contribution >= 0.6 is 0 Å². The van der Waals surface area contributed by atoms with Gasteiger partial charge in [0.25, 0.3) is 21.6 Å². The number of amides is 1. The Morgan fingerprint density at radius 2 is 1.48 bits per heavy atom. The molecule has 0 aliphatic carbocycles. The van der Waals surface area contributed by atoms with Gasteiger partial charge in [-0.15, -0.1) is 0 Å². The Bertz CT molecular complexity index is 1430. The largest absolute Gasteiger partial charge is 0.289 e. The fourth-order valence-electron chi connectivity index (χ4n) is 3.77. The van der Waals surface area contributed by atoms with Gasteiger partial charge in [-0.05, 0) is 24.6 Å². The lowest BCUT2D eigenvalue weighted by Gasteiger charge is -2.23.